The van der Waals surface area contributed by atoms with Crippen molar-refractivity contribution in [1.29, 1.82) is 0 Å². The number of carbonyl (C=O) groups excluding carboxylic acids is 1. The first-order valence-corrected chi connectivity index (χ1v) is 5.43. The zero-order chi connectivity index (χ0) is 12.3. The lowest BCUT2D eigenvalue weighted by Crippen LogP contribution is -2.45. The topological polar surface area (TPSA) is 72.9 Å². The van der Waals surface area contributed by atoms with Gasteiger partial charge in [0, 0.05) is 12.7 Å². The second-order valence-electron chi connectivity index (χ2n) is 4.92. The lowest BCUT2D eigenvalue weighted by atomic mass is 9.87. The molecule has 0 unspecified atom stereocenters. The molecule has 0 radical (unpaired) electrons. The Hall–Kier alpha value is -1.36. The van der Waals surface area contributed by atoms with Crippen molar-refractivity contribution >= 4 is 11.6 Å². The Morgan fingerprint density at radius 2 is 2.25 bits per heavy atom. The number of nitrogens with zero attached hydrogens (tertiary/aromatic N) is 2. The summed E-state index contributed by atoms with van der Waals surface area (Å²) in [5.74, 6) is -0.178. The van der Waals surface area contributed by atoms with Crippen LogP contribution in [0.5, 0.6) is 0 Å². The first kappa shape index (κ1) is 12.7. The van der Waals surface area contributed by atoms with Crippen LogP contribution in [0.15, 0.2) is 12.4 Å². The molecule has 0 bridgehead atoms. The first-order chi connectivity index (χ1) is 7.34. The molecule has 1 amide bonds. The summed E-state index contributed by atoms with van der Waals surface area (Å²) in [6.45, 7) is 8.58. The van der Waals surface area contributed by atoms with Gasteiger partial charge in [0.05, 0.1) is 17.9 Å². The molecule has 5 heteroatoms. The Kier molecular flexibility index (Phi) is 3.70. The molecule has 1 rings (SSSR count). The van der Waals surface area contributed by atoms with E-state index < -0.39 is 6.04 Å². The highest BCUT2D eigenvalue weighted by Gasteiger charge is 2.27. The number of rotatable bonds is 3. The van der Waals surface area contributed by atoms with Gasteiger partial charge in [0.15, 0.2) is 0 Å². The zero-order valence-corrected chi connectivity index (χ0v) is 10.3. The maximum atomic E-state index is 11.8. The van der Waals surface area contributed by atoms with Gasteiger partial charge in [-0.15, -0.1) is 0 Å². The molecule has 0 saturated heterocycles. The molecule has 3 N–H and O–H groups in total. The Morgan fingerprint density at radius 1 is 1.62 bits per heavy atom. The number of hydrogen-bond donors (Lipinski definition) is 2. The van der Waals surface area contributed by atoms with Crippen LogP contribution in [0.4, 0.5) is 5.69 Å². The van der Waals surface area contributed by atoms with Crippen molar-refractivity contribution in [3.05, 3.63) is 12.4 Å². The minimum atomic E-state index is -0.530. The number of amides is 1. The molecule has 1 aromatic rings. The van der Waals surface area contributed by atoms with Gasteiger partial charge in [-0.2, -0.15) is 5.10 Å². The van der Waals surface area contributed by atoms with Gasteiger partial charge in [-0.3, -0.25) is 9.48 Å². The SMILES string of the molecule is CCn1cc(NC(=O)[C@@H](N)C(C)(C)C)cn1. The number of nitrogens with two attached hydrogens (primary N) is 1. The van der Waals surface area contributed by atoms with E-state index in [1.807, 2.05) is 27.7 Å². The summed E-state index contributed by atoms with van der Waals surface area (Å²) in [4.78, 5) is 11.8. The van der Waals surface area contributed by atoms with Gasteiger partial charge in [-0.05, 0) is 12.3 Å². The number of hydrogen-bond acceptors (Lipinski definition) is 3. The van der Waals surface area contributed by atoms with Crippen LogP contribution in [0, 0.1) is 5.41 Å². The predicted molar refractivity (Wildman–Crippen MR) is 64.0 cm³/mol. The number of anilines is 1. The third kappa shape index (κ3) is 3.06. The molecule has 0 saturated carbocycles. The maximum absolute atomic E-state index is 11.8. The van der Waals surface area contributed by atoms with E-state index >= 15 is 0 Å². The van der Waals surface area contributed by atoms with Crippen molar-refractivity contribution in [3.8, 4) is 0 Å². The molecular weight excluding hydrogens is 204 g/mol. The van der Waals surface area contributed by atoms with Crippen LogP contribution in [0.2, 0.25) is 0 Å². The van der Waals surface area contributed by atoms with Crippen molar-refractivity contribution < 1.29 is 4.79 Å². The number of nitrogens with one attached hydrogen (secondary N) is 1. The summed E-state index contributed by atoms with van der Waals surface area (Å²) < 4.78 is 1.75. The summed E-state index contributed by atoms with van der Waals surface area (Å²) in [5.41, 5.74) is 6.28. The van der Waals surface area contributed by atoms with E-state index in [4.69, 9.17) is 5.73 Å². The summed E-state index contributed by atoms with van der Waals surface area (Å²) in [5, 5.41) is 6.83. The van der Waals surface area contributed by atoms with E-state index in [9.17, 15) is 4.79 Å². The molecule has 1 aromatic heterocycles. The summed E-state index contributed by atoms with van der Waals surface area (Å²) in [6.07, 6.45) is 3.41. The van der Waals surface area contributed by atoms with Crippen LogP contribution in [-0.2, 0) is 11.3 Å². The fourth-order valence-corrected chi connectivity index (χ4v) is 1.21. The van der Waals surface area contributed by atoms with Crippen molar-refractivity contribution in [2.24, 2.45) is 11.1 Å². The molecular formula is C11H20N4O. The Morgan fingerprint density at radius 3 is 2.69 bits per heavy atom. The Balaban J connectivity index is 2.64. The highest BCUT2D eigenvalue weighted by atomic mass is 16.2. The van der Waals surface area contributed by atoms with Gasteiger partial charge in [0.1, 0.15) is 0 Å². The fourth-order valence-electron chi connectivity index (χ4n) is 1.21. The van der Waals surface area contributed by atoms with Gasteiger partial charge in [0.25, 0.3) is 0 Å². The second kappa shape index (κ2) is 4.65. The van der Waals surface area contributed by atoms with E-state index in [0.717, 1.165) is 6.54 Å². The average molecular weight is 224 g/mol. The zero-order valence-electron chi connectivity index (χ0n) is 10.3. The van der Waals surface area contributed by atoms with Crippen LogP contribution >= 0.6 is 0 Å². The van der Waals surface area contributed by atoms with Crippen LogP contribution < -0.4 is 11.1 Å². The van der Waals surface area contributed by atoms with E-state index in [1.165, 1.54) is 0 Å². The molecule has 90 valence electrons. The van der Waals surface area contributed by atoms with Crippen LogP contribution in [-0.4, -0.2) is 21.7 Å². The number of aryl methyl sites for hydroxylation is 1. The molecule has 0 aliphatic heterocycles. The van der Waals surface area contributed by atoms with Gasteiger partial charge >= 0.3 is 0 Å². The van der Waals surface area contributed by atoms with Gasteiger partial charge < -0.3 is 11.1 Å². The van der Waals surface area contributed by atoms with Gasteiger partial charge in [0.2, 0.25) is 5.91 Å². The van der Waals surface area contributed by atoms with E-state index in [0.29, 0.717) is 5.69 Å². The normalized spacial score (nSPS) is 13.6. The fraction of sp³-hybridized carbons (Fsp3) is 0.636. The molecule has 0 aromatic carbocycles. The summed E-state index contributed by atoms with van der Waals surface area (Å²) in [7, 11) is 0. The van der Waals surface area contributed by atoms with E-state index in [2.05, 4.69) is 10.4 Å². The lowest BCUT2D eigenvalue weighted by Gasteiger charge is -2.25. The Labute approximate surface area is 96.0 Å². The number of aromatic nitrogens is 2. The third-order valence-electron chi connectivity index (χ3n) is 2.44. The van der Waals surface area contributed by atoms with Crippen molar-refractivity contribution in [1.82, 2.24) is 9.78 Å². The molecule has 0 fully saturated rings. The molecule has 5 nitrogen and oxygen atoms in total. The molecule has 0 aliphatic rings. The highest BCUT2D eigenvalue weighted by molar-refractivity contribution is 5.94. The minimum Gasteiger partial charge on any atom is -0.322 e. The number of carbonyl (C=O) groups is 1. The van der Waals surface area contributed by atoms with Crippen LogP contribution in [0.3, 0.4) is 0 Å². The van der Waals surface area contributed by atoms with Gasteiger partial charge in [-0.25, -0.2) is 0 Å². The molecule has 1 heterocycles. The van der Waals surface area contributed by atoms with E-state index in [1.54, 1.807) is 17.1 Å². The highest BCUT2D eigenvalue weighted by Crippen LogP contribution is 2.18. The predicted octanol–water partition coefficient (Wildman–Crippen LogP) is 1.21. The maximum Gasteiger partial charge on any atom is 0.241 e. The smallest absolute Gasteiger partial charge is 0.241 e. The van der Waals surface area contributed by atoms with Crippen molar-refractivity contribution in [2.45, 2.75) is 40.3 Å². The minimum absolute atomic E-state index is 0.178. The van der Waals surface area contributed by atoms with Crippen LogP contribution in [0.1, 0.15) is 27.7 Å². The standard InChI is InChI=1S/C11H20N4O/c1-5-15-7-8(6-13-15)14-10(16)9(12)11(2,3)4/h6-7,9H,5,12H2,1-4H3,(H,14,16)/t9-/m1/s1. The Bertz CT molecular complexity index is 364. The van der Waals surface area contributed by atoms with E-state index in [-0.39, 0.29) is 11.3 Å². The van der Waals surface area contributed by atoms with Crippen LogP contribution in [0.25, 0.3) is 0 Å². The van der Waals surface area contributed by atoms with Crippen molar-refractivity contribution in [2.75, 3.05) is 5.32 Å². The molecule has 0 spiro atoms. The molecule has 1 atom stereocenters. The first-order valence-electron chi connectivity index (χ1n) is 5.43. The second-order valence-corrected chi connectivity index (χ2v) is 4.92. The molecule has 16 heavy (non-hydrogen) atoms. The third-order valence-corrected chi connectivity index (χ3v) is 2.44. The lowest BCUT2D eigenvalue weighted by molar-refractivity contribution is -0.119. The quantitative estimate of drug-likeness (QED) is 0.810. The van der Waals surface area contributed by atoms with Gasteiger partial charge in [-0.1, -0.05) is 20.8 Å². The molecule has 0 aliphatic carbocycles. The van der Waals surface area contributed by atoms with Crippen molar-refractivity contribution in [3.63, 3.8) is 0 Å². The largest absolute Gasteiger partial charge is 0.322 e. The summed E-state index contributed by atoms with van der Waals surface area (Å²) in [6, 6.07) is -0.530. The summed E-state index contributed by atoms with van der Waals surface area (Å²) >= 11 is 0. The average Bonchev–Trinajstić information content (AvgIpc) is 2.63. The monoisotopic (exact) mass is 224 g/mol.